The summed E-state index contributed by atoms with van der Waals surface area (Å²) in [6, 6.07) is 15.9. The highest BCUT2D eigenvalue weighted by Crippen LogP contribution is 2.26. The van der Waals surface area contributed by atoms with Crippen LogP contribution >= 0.6 is 0 Å². The maximum absolute atomic E-state index is 12.4. The highest BCUT2D eigenvalue weighted by atomic mass is 16.5. The fraction of sp³-hybridized carbons (Fsp3) is 0.381. The van der Waals surface area contributed by atoms with Gasteiger partial charge in [0.1, 0.15) is 5.75 Å². The lowest BCUT2D eigenvalue weighted by atomic mass is 10.1. The summed E-state index contributed by atoms with van der Waals surface area (Å²) in [4.78, 5) is 14.8. The third-order valence-corrected chi connectivity index (χ3v) is 4.93. The summed E-state index contributed by atoms with van der Waals surface area (Å²) < 4.78 is 5.26. The number of carbonyl (C=O) groups excluding carboxylic acids is 1. The second kappa shape index (κ2) is 8.72. The van der Waals surface area contributed by atoms with Crippen molar-refractivity contribution >= 4 is 11.7 Å². The summed E-state index contributed by atoms with van der Waals surface area (Å²) in [5, 5.41) is 5.98. The van der Waals surface area contributed by atoms with Crippen LogP contribution in [-0.4, -0.2) is 37.7 Å². The average molecular weight is 353 g/mol. The monoisotopic (exact) mass is 353 g/mol. The van der Waals surface area contributed by atoms with Crippen molar-refractivity contribution in [1.29, 1.82) is 0 Å². The van der Waals surface area contributed by atoms with E-state index in [0.717, 1.165) is 30.1 Å². The zero-order chi connectivity index (χ0) is 18.4. The van der Waals surface area contributed by atoms with E-state index in [4.69, 9.17) is 4.74 Å². The number of hydrogen-bond donors (Lipinski definition) is 2. The number of anilines is 1. The first-order valence-electron chi connectivity index (χ1n) is 9.16. The van der Waals surface area contributed by atoms with Crippen LogP contribution in [-0.2, 0) is 0 Å². The number of aryl methyl sites for hydroxylation is 1. The molecule has 5 nitrogen and oxygen atoms in total. The van der Waals surface area contributed by atoms with E-state index in [1.807, 2.05) is 43.3 Å². The standard InChI is InChI=1S/C21H27N3O2/c1-16-7-3-4-8-19(16)23-21(25)22-15-20(24-13-5-6-14-24)17-9-11-18(26-2)12-10-17/h3-4,7-12,20H,5-6,13-15H2,1-2H3,(H2,22,23,25). The van der Waals surface area contributed by atoms with Gasteiger partial charge in [-0.25, -0.2) is 4.79 Å². The van der Waals surface area contributed by atoms with Crippen molar-refractivity contribution in [2.24, 2.45) is 0 Å². The quantitative estimate of drug-likeness (QED) is 0.826. The Hall–Kier alpha value is -2.53. The Morgan fingerprint density at radius 3 is 2.46 bits per heavy atom. The first-order chi connectivity index (χ1) is 12.7. The van der Waals surface area contributed by atoms with E-state index in [0.29, 0.717) is 6.54 Å². The van der Waals surface area contributed by atoms with Gasteiger partial charge in [-0.2, -0.15) is 0 Å². The van der Waals surface area contributed by atoms with Crippen molar-refractivity contribution in [3.63, 3.8) is 0 Å². The topological polar surface area (TPSA) is 53.6 Å². The molecule has 1 saturated heterocycles. The predicted molar refractivity (Wildman–Crippen MR) is 105 cm³/mol. The van der Waals surface area contributed by atoms with Gasteiger partial charge in [0.05, 0.1) is 13.2 Å². The SMILES string of the molecule is COc1ccc(C(CNC(=O)Nc2ccccc2C)N2CCCC2)cc1. The van der Waals surface area contributed by atoms with E-state index in [1.165, 1.54) is 18.4 Å². The molecule has 138 valence electrons. The van der Waals surface area contributed by atoms with E-state index in [9.17, 15) is 4.79 Å². The van der Waals surface area contributed by atoms with E-state index >= 15 is 0 Å². The number of likely N-dealkylation sites (tertiary alicyclic amines) is 1. The van der Waals surface area contributed by atoms with Gasteiger partial charge in [0, 0.05) is 12.2 Å². The predicted octanol–water partition coefficient (Wildman–Crippen LogP) is 3.96. The molecule has 1 aliphatic heterocycles. The Kier molecular flexibility index (Phi) is 6.12. The van der Waals surface area contributed by atoms with Crippen LogP contribution in [0.1, 0.15) is 30.0 Å². The van der Waals surface area contributed by atoms with Gasteiger partial charge in [0.25, 0.3) is 0 Å². The molecule has 1 atom stereocenters. The molecule has 2 aromatic carbocycles. The van der Waals surface area contributed by atoms with Crippen LogP contribution < -0.4 is 15.4 Å². The Morgan fingerprint density at radius 1 is 1.12 bits per heavy atom. The number of benzene rings is 2. The van der Waals surface area contributed by atoms with Crippen LogP contribution in [0.3, 0.4) is 0 Å². The molecule has 2 amide bonds. The van der Waals surface area contributed by atoms with Gasteiger partial charge in [-0.1, -0.05) is 30.3 Å². The molecule has 0 saturated carbocycles. The molecule has 0 bridgehead atoms. The van der Waals surface area contributed by atoms with Crippen molar-refractivity contribution in [2.75, 3.05) is 32.1 Å². The Bertz CT molecular complexity index is 724. The molecule has 5 heteroatoms. The van der Waals surface area contributed by atoms with Crippen molar-refractivity contribution in [3.8, 4) is 5.75 Å². The normalized spacial score (nSPS) is 15.5. The maximum Gasteiger partial charge on any atom is 0.319 e. The third-order valence-electron chi connectivity index (χ3n) is 4.93. The van der Waals surface area contributed by atoms with Crippen molar-refractivity contribution in [2.45, 2.75) is 25.8 Å². The number of carbonyl (C=O) groups is 1. The average Bonchev–Trinajstić information content (AvgIpc) is 3.19. The fourth-order valence-corrected chi connectivity index (χ4v) is 3.41. The minimum absolute atomic E-state index is 0.169. The van der Waals surface area contributed by atoms with Gasteiger partial charge in [0.2, 0.25) is 0 Å². The molecule has 3 rings (SSSR count). The molecule has 1 unspecified atom stereocenters. The molecular weight excluding hydrogens is 326 g/mol. The third kappa shape index (κ3) is 4.55. The van der Waals surface area contributed by atoms with Gasteiger partial charge in [-0.05, 0) is 62.2 Å². The molecule has 1 aliphatic rings. The summed E-state index contributed by atoms with van der Waals surface area (Å²) in [6.07, 6.45) is 2.42. The van der Waals surface area contributed by atoms with Crippen LogP contribution in [0.2, 0.25) is 0 Å². The van der Waals surface area contributed by atoms with Gasteiger partial charge in [0.15, 0.2) is 0 Å². The molecule has 0 radical (unpaired) electrons. The molecular formula is C21H27N3O2. The minimum atomic E-state index is -0.169. The van der Waals surface area contributed by atoms with E-state index in [2.05, 4.69) is 27.7 Å². The number of amides is 2. The van der Waals surface area contributed by atoms with Crippen molar-refractivity contribution in [3.05, 3.63) is 59.7 Å². The lowest BCUT2D eigenvalue weighted by molar-refractivity contribution is 0.227. The fourth-order valence-electron chi connectivity index (χ4n) is 3.41. The summed E-state index contributed by atoms with van der Waals surface area (Å²) in [5.74, 6) is 0.846. The minimum Gasteiger partial charge on any atom is -0.497 e. The second-order valence-corrected chi connectivity index (χ2v) is 6.68. The van der Waals surface area contributed by atoms with Crippen LogP contribution in [0.25, 0.3) is 0 Å². The number of hydrogen-bond acceptors (Lipinski definition) is 3. The largest absolute Gasteiger partial charge is 0.497 e. The first-order valence-corrected chi connectivity index (χ1v) is 9.16. The number of ether oxygens (including phenoxy) is 1. The van der Waals surface area contributed by atoms with E-state index in [1.54, 1.807) is 7.11 Å². The molecule has 0 aromatic heterocycles. The Labute approximate surface area is 155 Å². The number of rotatable bonds is 6. The Balaban J connectivity index is 1.65. The van der Waals surface area contributed by atoms with Crippen LogP contribution in [0.4, 0.5) is 10.5 Å². The molecule has 0 aliphatic carbocycles. The molecule has 2 N–H and O–H groups in total. The smallest absolute Gasteiger partial charge is 0.319 e. The summed E-state index contributed by atoms with van der Waals surface area (Å²) >= 11 is 0. The van der Waals surface area contributed by atoms with Crippen LogP contribution in [0.15, 0.2) is 48.5 Å². The number of para-hydroxylation sites is 1. The lowest BCUT2D eigenvalue weighted by Gasteiger charge is -2.28. The van der Waals surface area contributed by atoms with Gasteiger partial charge < -0.3 is 15.4 Å². The van der Waals surface area contributed by atoms with Crippen LogP contribution in [0, 0.1) is 6.92 Å². The second-order valence-electron chi connectivity index (χ2n) is 6.68. The highest BCUT2D eigenvalue weighted by molar-refractivity contribution is 5.90. The van der Waals surface area contributed by atoms with Gasteiger partial charge >= 0.3 is 6.03 Å². The number of nitrogens with zero attached hydrogens (tertiary/aromatic N) is 1. The highest BCUT2D eigenvalue weighted by Gasteiger charge is 2.24. The zero-order valence-electron chi connectivity index (χ0n) is 15.5. The van der Waals surface area contributed by atoms with E-state index < -0.39 is 0 Å². The van der Waals surface area contributed by atoms with Gasteiger partial charge in [-0.3, -0.25) is 4.90 Å². The maximum atomic E-state index is 12.4. The molecule has 1 fully saturated rings. The van der Waals surface area contributed by atoms with Crippen molar-refractivity contribution < 1.29 is 9.53 Å². The first kappa shape index (κ1) is 18.3. The summed E-state index contributed by atoms with van der Waals surface area (Å²) in [6.45, 7) is 4.69. The van der Waals surface area contributed by atoms with Crippen LogP contribution in [0.5, 0.6) is 5.75 Å². The molecule has 26 heavy (non-hydrogen) atoms. The molecule has 1 heterocycles. The number of methoxy groups -OCH3 is 1. The van der Waals surface area contributed by atoms with Gasteiger partial charge in [-0.15, -0.1) is 0 Å². The Morgan fingerprint density at radius 2 is 1.81 bits per heavy atom. The number of nitrogens with one attached hydrogen (secondary N) is 2. The molecule has 0 spiro atoms. The number of urea groups is 1. The summed E-state index contributed by atoms with van der Waals surface area (Å²) in [7, 11) is 1.67. The molecule has 2 aromatic rings. The zero-order valence-corrected chi connectivity index (χ0v) is 15.5. The lowest BCUT2D eigenvalue weighted by Crippen LogP contribution is -2.38. The summed E-state index contributed by atoms with van der Waals surface area (Å²) in [5.41, 5.74) is 3.09. The van der Waals surface area contributed by atoms with Crippen molar-refractivity contribution in [1.82, 2.24) is 10.2 Å². The van der Waals surface area contributed by atoms with E-state index in [-0.39, 0.29) is 12.1 Å².